The van der Waals surface area contributed by atoms with Crippen molar-refractivity contribution in [2.75, 3.05) is 0 Å². The van der Waals surface area contributed by atoms with Gasteiger partial charge in [-0.25, -0.2) is 0 Å². The number of aromatic nitrogens is 3. The Bertz CT molecular complexity index is 670. The molecule has 17 heavy (non-hydrogen) atoms. The standard InChI is InChI=1S/C8H7N5O4/c9-5(14)3-12-2-1-11-4-6(13(16)17)10-7(11)8(12)15/h1-2,4H,3H2,(H2,9,14). The number of carbonyl (C=O) groups is 1. The molecule has 88 valence electrons. The summed E-state index contributed by atoms with van der Waals surface area (Å²) in [5, 5.41) is 10.5. The van der Waals surface area contributed by atoms with Crippen molar-refractivity contribution in [2.24, 2.45) is 5.73 Å². The summed E-state index contributed by atoms with van der Waals surface area (Å²) in [7, 11) is 0. The van der Waals surface area contributed by atoms with E-state index in [0.29, 0.717) is 0 Å². The van der Waals surface area contributed by atoms with Crippen LogP contribution in [0.3, 0.4) is 0 Å². The zero-order chi connectivity index (χ0) is 12.6. The lowest BCUT2D eigenvalue weighted by Gasteiger charge is -2.00. The van der Waals surface area contributed by atoms with Crippen LogP contribution in [0.4, 0.5) is 5.82 Å². The molecule has 0 saturated heterocycles. The van der Waals surface area contributed by atoms with Crippen LogP contribution in [0.2, 0.25) is 0 Å². The lowest BCUT2D eigenvalue weighted by Crippen LogP contribution is -2.28. The zero-order valence-corrected chi connectivity index (χ0v) is 8.44. The van der Waals surface area contributed by atoms with Gasteiger partial charge in [-0.1, -0.05) is 0 Å². The van der Waals surface area contributed by atoms with E-state index in [0.717, 1.165) is 10.8 Å². The summed E-state index contributed by atoms with van der Waals surface area (Å²) >= 11 is 0. The quantitative estimate of drug-likeness (QED) is 0.535. The third-order valence-corrected chi connectivity index (χ3v) is 2.09. The maximum absolute atomic E-state index is 11.7. The first-order valence-corrected chi connectivity index (χ1v) is 4.50. The molecule has 0 saturated carbocycles. The van der Waals surface area contributed by atoms with Gasteiger partial charge in [-0.05, 0) is 9.91 Å². The molecule has 0 fully saturated rings. The van der Waals surface area contributed by atoms with Crippen LogP contribution < -0.4 is 11.3 Å². The number of nitro groups is 1. The molecule has 2 rings (SSSR count). The number of amides is 1. The smallest absolute Gasteiger partial charge is 0.368 e. The minimum absolute atomic E-state index is 0.125. The van der Waals surface area contributed by atoms with Crippen LogP contribution in [0.5, 0.6) is 0 Å². The molecule has 2 aromatic heterocycles. The number of primary amides is 1. The molecule has 9 nitrogen and oxygen atoms in total. The first-order valence-electron chi connectivity index (χ1n) is 4.50. The number of carbonyl (C=O) groups excluding carboxylic acids is 1. The third kappa shape index (κ3) is 1.85. The van der Waals surface area contributed by atoms with Crippen molar-refractivity contribution in [3.63, 3.8) is 0 Å². The van der Waals surface area contributed by atoms with E-state index in [1.807, 2.05) is 0 Å². The molecule has 0 aliphatic heterocycles. The topological polar surface area (TPSA) is 126 Å². The number of imidazole rings is 1. The summed E-state index contributed by atoms with van der Waals surface area (Å²) < 4.78 is 2.26. The molecule has 2 aromatic rings. The van der Waals surface area contributed by atoms with Gasteiger partial charge in [-0.2, -0.15) is 0 Å². The SMILES string of the molecule is NC(=O)Cn1ccn2cc([N+](=O)[O-])nc2c1=O. The molecule has 2 N–H and O–H groups in total. The number of fused-ring (bicyclic) bond motifs is 1. The number of nitrogens with zero attached hydrogens (tertiary/aromatic N) is 4. The largest absolute Gasteiger partial charge is 0.382 e. The fraction of sp³-hybridized carbons (Fsp3) is 0.125. The Hall–Kier alpha value is -2.71. The van der Waals surface area contributed by atoms with Crippen LogP contribution in [-0.2, 0) is 11.3 Å². The van der Waals surface area contributed by atoms with E-state index in [2.05, 4.69) is 4.98 Å². The van der Waals surface area contributed by atoms with Crippen molar-refractivity contribution < 1.29 is 9.72 Å². The molecule has 0 spiro atoms. The van der Waals surface area contributed by atoms with Crippen molar-refractivity contribution in [1.29, 1.82) is 0 Å². The van der Waals surface area contributed by atoms with Gasteiger partial charge in [0.1, 0.15) is 12.7 Å². The van der Waals surface area contributed by atoms with Gasteiger partial charge in [0, 0.05) is 12.4 Å². The number of nitrogens with two attached hydrogens (primary N) is 1. The summed E-state index contributed by atoms with van der Waals surface area (Å²) in [6.07, 6.45) is 3.82. The molecule has 2 heterocycles. The molecule has 0 radical (unpaired) electrons. The molecule has 0 aliphatic carbocycles. The summed E-state index contributed by atoms with van der Waals surface area (Å²) in [4.78, 5) is 35.8. The zero-order valence-electron chi connectivity index (χ0n) is 8.44. The number of hydrogen-bond donors (Lipinski definition) is 1. The fourth-order valence-corrected chi connectivity index (χ4v) is 1.38. The predicted octanol–water partition coefficient (Wildman–Crippen LogP) is -1.11. The molecule has 0 unspecified atom stereocenters. The van der Waals surface area contributed by atoms with Gasteiger partial charge < -0.3 is 15.8 Å². The van der Waals surface area contributed by atoms with E-state index >= 15 is 0 Å². The maximum Gasteiger partial charge on any atom is 0.382 e. The lowest BCUT2D eigenvalue weighted by molar-refractivity contribution is -0.389. The van der Waals surface area contributed by atoms with Gasteiger partial charge >= 0.3 is 17.0 Å². The third-order valence-electron chi connectivity index (χ3n) is 2.09. The Labute approximate surface area is 93.2 Å². The van der Waals surface area contributed by atoms with Gasteiger partial charge in [0.15, 0.2) is 0 Å². The van der Waals surface area contributed by atoms with Crippen molar-refractivity contribution >= 4 is 17.4 Å². The summed E-state index contributed by atoms with van der Waals surface area (Å²) in [5.41, 5.74) is 4.22. The minimum atomic E-state index is -0.704. The Morgan fingerprint density at radius 2 is 2.24 bits per heavy atom. The van der Waals surface area contributed by atoms with E-state index in [9.17, 15) is 19.7 Å². The highest BCUT2D eigenvalue weighted by atomic mass is 16.6. The minimum Gasteiger partial charge on any atom is -0.368 e. The second-order valence-electron chi connectivity index (χ2n) is 3.28. The average molecular weight is 237 g/mol. The van der Waals surface area contributed by atoms with Crippen LogP contribution in [0.1, 0.15) is 0 Å². The predicted molar refractivity (Wildman–Crippen MR) is 55.3 cm³/mol. The molecule has 9 heteroatoms. The first kappa shape index (κ1) is 10.8. The fourth-order valence-electron chi connectivity index (χ4n) is 1.38. The number of rotatable bonds is 3. The van der Waals surface area contributed by atoms with Crippen LogP contribution in [0.25, 0.3) is 5.65 Å². The average Bonchev–Trinajstić information content (AvgIpc) is 2.66. The van der Waals surface area contributed by atoms with Crippen LogP contribution in [0.15, 0.2) is 23.4 Å². The molecular weight excluding hydrogens is 230 g/mol. The van der Waals surface area contributed by atoms with Gasteiger partial charge in [0.05, 0.1) is 0 Å². The lowest BCUT2D eigenvalue weighted by atomic mass is 10.5. The Kier molecular flexibility index (Phi) is 2.35. The van der Waals surface area contributed by atoms with Gasteiger partial charge in [0.2, 0.25) is 5.91 Å². The van der Waals surface area contributed by atoms with E-state index in [1.165, 1.54) is 16.8 Å². The summed E-state index contributed by atoms with van der Waals surface area (Å²) in [6, 6.07) is 0. The normalized spacial score (nSPS) is 10.6. The van der Waals surface area contributed by atoms with Gasteiger partial charge in [-0.15, -0.1) is 0 Å². The van der Waals surface area contributed by atoms with Crippen LogP contribution >= 0.6 is 0 Å². The second-order valence-corrected chi connectivity index (χ2v) is 3.28. The van der Waals surface area contributed by atoms with E-state index in [4.69, 9.17) is 5.73 Å². The number of hydrogen-bond acceptors (Lipinski definition) is 5. The molecule has 0 atom stereocenters. The summed E-state index contributed by atoms with van der Waals surface area (Å²) in [5.74, 6) is -1.11. The van der Waals surface area contributed by atoms with E-state index in [-0.39, 0.29) is 12.2 Å². The molecule has 1 amide bonds. The highest BCUT2D eigenvalue weighted by Gasteiger charge is 2.17. The molecule has 0 aromatic carbocycles. The van der Waals surface area contributed by atoms with Crippen LogP contribution in [0, 0.1) is 10.1 Å². The monoisotopic (exact) mass is 237 g/mol. The van der Waals surface area contributed by atoms with Crippen molar-refractivity contribution in [3.8, 4) is 0 Å². The summed E-state index contributed by atoms with van der Waals surface area (Å²) in [6.45, 7) is -0.296. The van der Waals surface area contributed by atoms with E-state index < -0.39 is 22.2 Å². The Balaban J connectivity index is 2.63. The second kappa shape index (κ2) is 3.70. The van der Waals surface area contributed by atoms with Gasteiger partial charge in [-0.3, -0.25) is 18.6 Å². The van der Waals surface area contributed by atoms with Crippen molar-refractivity contribution in [1.82, 2.24) is 14.0 Å². The Morgan fingerprint density at radius 1 is 1.53 bits per heavy atom. The molecule has 0 bridgehead atoms. The molecular formula is C8H7N5O4. The maximum atomic E-state index is 11.7. The van der Waals surface area contributed by atoms with Crippen LogP contribution in [-0.4, -0.2) is 24.8 Å². The molecule has 0 aliphatic rings. The highest BCUT2D eigenvalue weighted by Crippen LogP contribution is 2.08. The Morgan fingerprint density at radius 3 is 2.82 bits per heavy atom. The van der Waals surface area contributed by atoms with Crippen molar-refractivity contribution in [2.45, 2.75) is 6.54 Å². The van der Waals surface area contributed by atoms with Gasteiger partial charge in [0.25, 0.3) is 0 Å². The highest BCUT2D eigenvalue weighted by molar-refractivity contribution is 5.73. The van der Waals surface area contributed by atoms with Crippen molar-refractivity contribution in [3.05, 3.63) is 39.1 Å². The first-order chi connectivity index (χ1) is 7.99. The van der Waals surface area contributed by atoms with E-state index in [1.54, 1.807) is 0 Å².